The summed E-state index contributed by atoms with van der Waals surface area (Å²) >= 11 is 2.77. The summed E-state index contributed by atoms with van der Waals surface area (Å²) in [6.07, 6.45) is -5.26. The van der Waals surface area contributed by atoms with E-state index in [4.69, 9.17) is 14.4 Å². The first-order chi connectivity index (χ1) is 32.7. The quantitative estimate of drug-likeness (QED) is 0.0724. The van der Waals surface area contributed by atoms with E-state index < -0.39 is 52.2 Å². The van der Waals surface area contributed by atoms with Gasteiger partial charge in [0.25, 0.3) is 11.1 Å². The van der Waals surface area contributed by atoms with E-state index in [9.17, 15) is 22.8 Å². The van der Waals surface area contributed by atoms with Gasteiger partial charge >= 0.3 is 6.18 Å². The van der Waals surface area contributed by atoms with Gasteiger partial charge in [0.15, 0.2) is 0 Å². The number of halogens is 5. The van der Waals surface area contributed by atoms with Crippen molar-refractivity contribution in [3.63, 3.8) is 0 Å². The second-order valence-electron chi connectivity index (χ2n) is 15.8. The summed E-state index contributed by atoms with van der Waals surface area (Å²) < 4.78 is 82.2. The Morgan fingerprint density at radius 1 is 0.676 bits per heavy atom. The second kappa shape index (κ2) is 20.5. The van der Waals surface area contributed by atoms with E-state index in [-0.39, 0.29) is 27.1 Å². The molecule has 3 atom stereocenters. The molecule has 0 bridgehead atoms. The largest absolute Gasteiger partial charge is 0.457 e. The maximum absolute atomic E-state index is 16.1. The molecular formula is C52H43F5N4O5S2. The van der Waals surface area contributed by atoms with Crippen molar-refractivity contribution in [3.05, 3.63) is 222 Å². The lowest BCUT2D eigenvalue weighted by Gasteiger charge is -2.23. The SMILES string of the molecule is CON=C(c1ccccc1)C1C(c2ccc(Oc3ccccc3)cc2F)Sc2c(Cc3c(F)cccc3C(F)(F)F)c(C)cc(=O)n21.CON=C(c1ccccc1)C1Cn2c(cc(C)cc2=O)S1. The highest BCUT2D eigenvalue weighted by Gasteiger charge is 2.43. The van der Waals surface area contributed by atoms with Crippen molar-refractivity contribution in [3.8, 4) is 11.5 Å². The fraction of sp³-hybridized carbons (Fsp3) is 0.192. The first kappa shape index (κ1) is 47.6. The number of rotatable bonds is 11. The fourth-order valence-electron chi connectivity index (χ4n) is 8.24. The Morgan fingerprint density at radius 2 is 1.31 bits per heavy atom. The maximum Gasteiger partial charge on any atom is 0.416 e. The lowest BCUT2D eigenvalue weighted by Crippen LogP contribution is -2.31. The van der Waals surface area contributed by atoms with Gasteiger partial charge in [-0.3, -0.25) is 14.2 Å². The molecule has 0 N–H and O–H groups in total. The molecule has 0 amide bonds. The molecule has 2 aliphatic rings. The third-order valence-electron chi connectivity index (χ3n) is 11.3. The lowest BCUT2D eigenvalue weighted by molar-refractivity contribution is -0.138. The summed E-state index contributed by atoms with van der Waals surface area (Å²) in [4.78, 5) is 36.1. The van der Waals surface area contributed by atoms with E-state index in [1.807, 2.05) is 49.4 Å². The summed E-state index contributed by atoms with van der Waals surface area (Å²) in [6, 6.07) is 38.9. The molecule has 2 aliphatic heterocycles. The molecule has 0 saturated heterocycles. The Balaban J connectivity index is 0.000000247. The van der Waals surface area contributed by atoms with Crippen molar-refractivity contribution < 1.29 is 36.4 Å². The number of thioether (sulfide) groups is 2. The average molecular weight is 963 g/mol. The highest BCUT2D eigenvalue weighted by Crippen LogP contribution is 2.53. The number of pyridine rings is 2. The number of benzene rings is 5. The van der Waals surface area contributed by atoms with Gasteiger partial charge in [-0.15, -0.1) is 0 Å². The molecule has 4 heterocycles. The Kier molecular flexibility index (Phi) is 14.4. The Hall–Kier alpha value is -6.91. The summed E-state index contributed by atoms with van der Waals surface area (Å²) in [5.74, 6) is -0.891. The standard InChI is InChI=1S/C36H27F5N2O3S.C16H16N2O2S/c1-21-18-31(44)43-33(32(42-45-2)22-10-5-3-6-11-22)34(25-17-16-24(19-30(25)38)46-23-12-7-4-8-13-23)47-35(43)26(21)20-27-28(36(39,40)41)14-9-15-29(27)37;1-11-8-14(19)18-10-13(21-15(18)9-11)16(17-20-2)12-6-4-3-5-7-12/h3-19,33-34H,20H2,1-2H3;3-9,13H,10H2,1-2H3. The maximum atomic E-state index is 16.1. The highest BCUT2D eigenvalue weighted by atomic mass is 32.2. The minimum atomic E-state index is -4.81. The van der Waals surface area contributed by atoms with Gasteiger partial charge in [-0.1, -0.05) is 125 Å². The van der Waals surface area contributed by atoms with Crippen LogP contribution in [0.5, 0.6) is 11.5 Å². The van der Waals surface area contributed by atoms with Crippen LogP contribution in [0.1, 0.15) is 55.8 Å². The minimum absolute atomic E-state index is 0.0461. The Bertz CT molecular complexity index is 3130. The van der Waals surface area contributed by atoms with Crippen molar-refractivity contribution in [2.45, 2.75) is 59.6 Å². The monoisotopic (exact) mass is 962 g/mol. The second-order valence-corrected chi connectivity index (χ2v) is 18.2. The predicted octanol–water partition coefficient (Wildman–Crippen LogP) is 12.0. The van der Waals surface area contributed by atoms with Crippen molar-refractivity contribution in [2.24, 2.45) is 10.3 Å². The molecule has 0 fully saturated rings. The molecule has 16 heteroatoms. The van der Waals surface area contributed by atoms with Gasteiger partial charge in [0.05, 0.1) is 26.1 Å². The van der Waals surface area contributed by atoms with E-state index in [1.54, 1.807) is 103 Å². The molecular weight excluding hydrogens is 920 g/mol. The number of aryl methyl sites for hydroxylation is 2. The van der Waals surface area contributed by atoms with Crippen LogP contribution in [0.3, 0.4) is 0 Å². The summed E-state index contributed by atoms with van der Waals surface area (Å²) in [5, 5.41) is 9.00. The van der Waals surface area contributed by atoms with Gasteiger partial charge in [-0.25, -0.2) is 8.78 Å². The summed E-state index contributed by atoms with van der Waals surface area (Å²) in [7, 11) is 2.89. The van der Waals surface area contributed by atoms with Crippen molar-refractivity contribution in [2.75, 3.05) is 14.2 Å². The third kappa shape index (κ3) is 10.2. The topological polar surface area (TPSA) is 96.4 Å². The molecule has 0 aliphatic carbocycles. The van der Waals surface area contributed by atoms with Gasteiger partial charge < -0.3 is 19.0 Å². The molecule has 7 aromatic rings. The zero-order valence-electron chi connectivity index (χ0n) is 37.0. The lowest BCUT2D eigenvalue weighted by atomic mass is 9.94. The van der Waals surface area contributed by atoms with Crippen molar-refractivity contribution in [1.82, 2.24) is 9.13 Å². The van der Waals surface area contributed by atoms with E-state index in [0.29, 0.717) is 34.7 Å². The van der Waals surface area contributed by atoms with Crippen LogP contribution >= 0.6 is 23.5 Å². The summed E-state index contributed by atoms with van der Waals surface area (Å²) in [6.45, 7) is 4.15. The molecule has 0 radical (unpaired) electrons. The van der Waals surface area contributed by atoms with Gasteiger partial charge in [0.1, 0.15) is 54.8 Å². The molecule has 68 heavy (non-hydrogen) atoms. The molecule has 2 aromatic heterocycles. The number of para-hydroxylation sites is 1. The average Bonchev–Trinajstić information content (AvgIpc) is 3.93. The van der Waals surface area contributed by atoms with Crippen LogP contribution in [0.2, 0.25) is 0 Å². The Labute approximate surface area is 396 Å². The normalized spacial score (nSPS) is 16.6. The van der Waals surface area contributed by atoms with Crippen molar-refractivity contribution in [1.29, 1.82) is 0 Å². The van der Waals surface area contributed by atoms with E-state index >= 15 is 8.78 Å². The first-order valence-electron chi connectivity index (χ1n) is 21.2. The Morgan fingerprint density at radius 3 is 1.94 bits per heavy atom. The van der Waals surface area contributed by atoms with E-state index in [0.717, 1.165) is 51.8 Å². The van der Waals surface area contributed by atoms with Crippen LogP contribution in [0.4, 0.5) is 22.0 Å². The number of ether oxygens (including phenoxy) is 1. The smallest absolute Gasteiger partial charge is 0.416 e. The molecule has 0 spiro atoms. The van der Waals surface area contributed by atoms with Crippen LogP contribution in [0, 0.1) is 25.5 Å². The molecule has 9 rings (SSSR count). The predicted molar refractivity (Wildman–Crippen MR) is 255 cm³/mol. The number of nitrogens with zero attached hydrogens (tertiary/aromatic N) is 4. The van der Waals surface area contributed by atoms with Crippen molar-refractivity contribution >= 4 is 34.9 Å². The van der Waals surface area contributed by atoms with Crippen LogP contribution in [-0.4, -0.2) is 40.0 Å². The van der Waals surface area contributed by atoms with Crippen LogP contribution in [0.15, 0.2) is 176 Å². The number of hydrogen-bond acceptors (Lipinski definition) is 9. The highest BCUT2D eigenvalue weighted by molar-refractivity contribution is 8.00. The number of oxime groups is 2. The zero-order valence-corrected chi connectivity index (χ0v) is 38.7. The van der Waals surface area contributed by atoms with Gasteiger partial charge in [-0.2, -0.15) is 13.2 Å². The first-order valence-corrected chi connectivity index (χ1v) is 23.0. The number of aromatic nitrogens is 2. The third-order valence-corrected chi connectivity index (χ3v) is 14.0. The molecule has 9 nitrogen and oxygen atoms in total. The van der Waals surface area contributed by atoms with E-state index in [2.05, 4.69) is 10.3 Å². The number of hydrogen-bond donors (Lipinski definition) is 0. The number of alkyl halides is 3. The fourth-order valence-corrected chi connectivity index (χ4v) is 11.2. The summed E-state index contributed by atoms with van der Waals surface area (Å²) in [5.41, 5.74) is 2.57. The zero-order chi connectivity index (χ0) is 48.1. The van der Waals surface area contributed by atoms with Gasteiger partial charge in [0.2, 0.25) is 0 Å². The molecule has 0 saturated carbocycles. The molecule has 5 aromatic carbocycles. The van der Waals surface area contributed by atoms with Crippen LogP contribution in [-0.2, 0) is 28.8 Å². The van der Waals surface area contributed by atoms with Crippen LogP contribution < -0.4 is 15.9 Å². The minimum Gasteiger partial charge on any atom is -0.457 e. The van der Waals surface area contributed by atoms with Gasteiger partial charge in [0, 0.05) is 53.4 Å². The molecule has 3 unspecified atom stereocenters. The van der Waals surface area contributed by atoms with Gasteiger partial charge in [-0.05, 0) is 66.9 Å². The van der Waals surface area contributed by atoms with E-state index in [1.165, 1.54) is 23.8 Å². The molecule has 348 valence electrons. The number of fused-ring (bicyclic) bond motifs is 2. The van der Waals surface area contributed by atoms with Crippen LogP contribution in [0.25, 0.3) is 0 Å².